The minimum atomic E-state index is -0.260. The van der Waals surface area contributed by atoms with Gasteiger partial charge in [-0.05, 0) is 18.2 Å². The molecule has 3 heterocycles. The van der Waals surface area contributed by atoms with Crippen LogP contribution in [0.4, 0.5) is 0 Å². The molecule has 0 aliphatic rings. The van der Waals surface area contributed by atoms with Gasteiger partial charge in [-0.2, -0.15) is 0 Å². The van der Waals surface area contributed by atoms with Crippen molar-refractivity contribution in [3.05, 3.63) is 72.1 Å². The topological polar surface area (TPSA) is 216 Å². The Bertz CT molecular complexity index is 1310. The molecule has 55 heavy (non-hydrogen) atoms. The van der Waals surface area contributed by atoms with Crippen LogP contribution in [0.3, 0.4) is 0 Å². The Labute approximate surface area is 332 Å². The van der Waals surface area contributed by atoms with Crippen LogP contribution < -0.4 is 0 Å². The molecule has 3 amide bonds. The van der Waals surface area contributed by atoms with Crippen LogP contribution in [0, 0.1) is 0 Å². The van der Waals surface area contributed by atoms with E-state index in [1.54, 1.807) is 57.4 Å². The molecule has 3 N–H and O–H groups in total. The van der Waals surface area contributed by atoms with Crippen LogP contribution in [-0.2, 0) is 45.5 Å². The molecular weight excluding hydrogens is 764 g/mol. The van der Waals surface area contributed by atoms with Crippen molar-refractivity contribution in [3.8, 4) is 17.2 Å². The molecule has 0 aromatic carbocycles. The first kappa shape index (κ1) is 50.5. The van der Waals surface area contributed by atoms with Crippen LogP contribution in [-0.4, -0.2) is 184 Å². The predicted molar refractivity (Wildman–Crippen MR) is 197 cm³/mol. The second-order valence-electron chi connectivity index (χ2n) is 11.0. The van der Waals surface area contributed by atoms with Crippen molar-refractivity contribution >= 4 is 17.7 Å². The number of hydrogen-bond acceptors (Lipinski definition) is 15. The number of carbonyl (C=O) groups is 3. The molecule has 3 aromatic rings. The van der Waals surface area contributed by atoms with E-state index in [1.807, 2.05) is 0 Å². The summed E-state index contributed by atoms with van der Waals surface area (Å²) in [7, 11) is 9.43. The summed E-state index contributed by atoms with van der Waals surface area (Å²) in [6, 6.07) is 4.47. The van der Waals surface area contributed by atoms with Gasteiger partial charge in [-0.15, -0.1) is 0 Å². The molecule has 0 bridgehead atoms. The second-order valence-corrected chi connectivity index (χ2v) is 11.0. The summed E-state index contributed by atoms with van der Waals surface area (Å²) >= 11 is 0. The SMILES string of the molecule is COCCN(CCOC)C(=O)c1ccncc1O.COCCN(CCOC)C(=O)c1ccncc1O.COCCN(CCOC)C(=O)c1ccncc1O.[Fe+3]. The minimum Gasteiger partial charge on any atom is -0.505 e. The minimum absolute atomic E-state index is 0. The first-order valence-electron chi connectivity index (χ1n) is 16.8. The van der Waals surface area contributed by atoms with Crippen LogP contribution in [0.1, 0.15) is 31.1 Å². The number of rotatable bonds is 21. The zero-order valence-corrected chi connectivity index (χ0v) is 33.3. The maximum atomic E-state index is 12.2. The van der Waals surface area contributed by atoms with Crippen molar-refractivity contribution in [2.24, 2.45) is 0 Å². The number of carbonyl (C=O) groups excluding carboxylic acids is 3. The fourth-order valence-electron chi connectivity index (χ4n) is 4.37. The Kier molecular flexibility index (Phi) is 28.3. The average molecular weight is 819 g/mol. The first-order chi connectivity index (χ1) is 26.1. The van der Waals surface area contributed by atoms with Crippen molar-refractivity contribution in [1.82, 2.24) is 29.7 Å². The summed E-state index contributed by atoms with van der Waals surface area (Å²) in [5.74, 6) is -1.15. The molecule has 3 aromatic heterocycles. The van der Waals surface area contributed by atoms with E-state index in [-0.39, 0.29) is 68.7 Å². The van der Waals surface area contributed by atoms with Crippen molar-refractivity contribution < 1.29 is 75.2 Å². The Morgan fingerprint density at radius 1 is 0.455 bits per heavy atom. The Morgan fingerprint density at radius 2 is 0.655 bits per heavy atom. The Balaban J connectivity index is 0.000000788. The van der Waals surface area contributed by atoms with Crippen LogP contribution in [0.5, 0.6) is 17.2 Å². The third-order valence-electron chi connectivity index (χ3n) is 7.34. The molecule has 18 nitrogen and oxygen atoms in total. The number of pyridine rings is 3. The van der Waals surface area contributed by atoms with Gasteiger partial charge in [-0.3, -0.25) is 29.3 Å². The Hall–Kier alpha value is -4.46. The molecule has 0 atom stereocenters. The van der Waals surface area contributed by atoms with Gasteiger partial charge in [-0.25, -0.2) is 0 Å². The monoisotopic (exact) mass is 818 g/mol. The summed E-state index contributed by atoms with van der Waals surface area (Å²) in [5, 5.41) is 28.8. The van der Waals surface area contributed by atoms with Gasteiger partial charge in [0, 0.05) is 101 Å². The maximum Gasteiger partial charge on any atom is 3.00 e. The smallest absolute Gasteiger partial charge is 0.505 e. The van der Waals surface area contributed by atoms with Crippen molar-refractivity contribution in [1.29, 1.82) is 0 Å². The zero-order valence-electron chi connectivity index (χ0n) is 32.2. The molecule has 305 valence electrons. The number of ether oxygens (including phenoxy) is 6. The molecule has 0 unspecified atom stereocenters. The normalized spacial score (nSPS) is 10.1. The molecule has 0 spiro atoms. The van der Waals surface area contributed by atoms with E-state index < -0.39 is 0 Å². The third-order valence-corrected chi connectivity index (χ3v) is 7.34. The maximum absolute atomic E-state index is 12.2. The number of nitrogens with zero attached hydrogens (tertiary/aromatic N) is 6. The largest absolute Gasteiger partial charge is 3.00 e. The second kappa shape index (κ2) is 30.8. The third kappa shape index (κ3) is 19.1. The number of methoxy groups -OCH3 is 6. The van der Waals surface area contributed by atoms with E-state index in [1.165, 1.54) is 55.4 Å². The number of hydrogen-bond donors (Lipinski definition) is 3. The molecule has 19 heteroatoms. The van der Waals surface area contributed by atoms with Gasteiger partial charge in [0.05, 0.1) is 74.9 Å². The quantitative estimate of drug-likeness (QED) is 0.130. The molecule has 0 saturated heterocycles. The van der Waals surface area contributed by atoms with E-state index in [2.05, 4.69) is 15.0 Å². The van der Waals surface area contributed by atoms with E-state index in [9.17, 15) is 29.7 Å². The zero-order chi connectivity index (χ0) is 40.1. The molecule has 0 aliphatic heterocycles. The molecule has 0 aliphatic carbocycles. The fourth-order valence-corrected chi connectivity index (χ4v) is 4.37. The summed E-state index contributed by atoms with van der Waals surface area (Å²) in [5.41, 5.74) is 0.701. The Morgan fingerprint density at radius 3 is 0.818 bits per heavy atom. The van der Waals surface area contributed by atoms with Gasteiger partial charge in [-0.1, -0.05) is 0 Å². The first-order valence-corrected chi connectivity index (χ1v) is 16.8. The van der Waals surface area contributed by atoms with E-state index in [0.29, 0.717) is 78.9 Å². The average Bonchev–Trinajstić information content (AvgIpc) is 3.18. The number of aromatic hydroxyl groups is 3. The van der Waals surface area contributed by atoms with Crippen LogP contribution >= 0.6 is 0 Å². The van der Waals surface area contributed by atoms with Gasteiger partial charge in [0.15, 0.2) is 0 Å². The van der Waals surface area contributed by atoms with Crippen molar-refractivity contribution in [2.75, 3.05) is 122 Å². The molecule has 1 radical (unpaired) electrons. The van der Waals surface area contributed by atoms with E-state index in [0.717, 1.165) is 0 Å². The van der Waals surface area contributed by atoms with Crippen molar-refractivity contribution in [2.45, 2.75) is 0 Å². The van der Waals surface area contributed by atoms with Gasteiger partial charge in [0.2, 0.25) is 0 Å². The summed E-state index contributed by atoms with van der Waals surface area (Å²) in [6.07, 6.45) is 8.15. The molecule has 0 saturated carbocycles. The van der Waals surface area contributed by atoms with Crippen molar-refractivity contribution in [3.63, 3.8) is 0 Å². The number of aromatic nitrogens is 3. The molecular formula is C36H54FeN6O12+3. The van der Waals surface area contributed by atoms with Gasteiger partial charge < -0.3 is 58.4 Å². The molecule has 0 fully saturated rings. The van der Waals surface area contributed by atoms with Gasteiger partial charge in [0.25, 0.3) is 17.7 Å². The summed E-state index contributed by atoms with van der Waals surface area (Å²) in [6.45, 7) is 5.26. The molecule has 3 rings (SSSR count). The van der Waals surface area contributed by atoms with Gasteiger partial charge >= 0.3 is 17.1 Å². The summed E-state index contributed by atoms with van der Waals surface area (Å²) in [4.78, 5) is 52.6. The standard InChI is InChI=1S/3C12H18N2O4.Fe/c3*1-17-7-5-14(6-8-18-2)12(16)10-3-4-13-9-11(10)15;/h3*3-4,9,15H,5-8H2,1-2H3;/q;;;+3. The van der Waals surface area contributed by atoms with Crippen LogP contribution in [0.2, 0.25) is 0 Å². The van der Waals surface area contributed by atoms with E-state index >= 15 is 0 Å². The summed E-state index contributed by atoms with van der Waals surface area (Å²) < 4.78 is 29.8. The predicted octanol–water partition coefficient (Wildman–Crippen LogP) is 1.56. The van der Waals surface area contributed by atoms with Crippen LogP contribution in [0.15, 0.2) is 55.4 Å². The van der Waals surface area contributed by atoms with Crippen LogP contribution in [0.25, 0.3) is 0 Å². The fraction of sp³-hybridized carbons (Fsp3) is 0.500. The van der Waals surface area contributed by atoms with E-state index in [4.69, 9.17) is 28.4 Å². The number of amides is 3. The van der Waals surface area contributed by atoms with Gasteiger partial charge in [0.1, 0.15) is 17.2 Å².